The van der Waals surface area contributed by atoms with E-state index >= 15 is 0 Å². The monoisotopic (exact) mass is 1300 g/mol. The smallest absolute Gasteiger partial charge is 0.462 e. The molecule has 0 spiro atoms. The highest BCUT2D eigenvalue weighted by Crippen LogP contribution is 2.45. The summed E-state index contributed by atoms with van der Waals surface area (Å²) in [6.07, 6.45) is 46.5. The summed E-state index contributed by atoms with van der Waals surface area (Å²) in [6.45, 7) is 9.39. The molecule has 0 amide bonds. The summed E-state index contributed by atoms with van der Waals surface area (Å²) >= 11 is 0. The Bertz CT molecular complexity index is 1720. The molecular formula is C69H134O17P2. The highest BCUT2D eigenvalue weighted by molar-refractivity contribution is 7.47. The lowest BCUT2D eigenvalue weighted by atomic mass is 10.0. The van der Waals surface area contributed by atoms with Gasteiger partial charge in [0.05, 0.1) is 26.4 Å². The Hall–Kier alpha value is -1.94. The van der Waals surface area contributed by atoms with Gasteiger partial charge in [0.1, 0.15) is 19.3 Å². The Morgan fingerprint density at radius 3 is 0.773 bits per heavy atom. The van der Waals surface area contributed by atoms with Crippen molar-refractivity contribution >= 4 is 39.5 Å². The van der Waals surface area contributed by atoms with E-state index in [1.165, 1.54) is 161 Å². The van der Waals surface area contributed by atoms with Crippen molar-refractivity contribution in [2.45, 2.75) is 368 Å². The lowest BCUT2D eigenvalue weighted by molar-refractivity contribution is -0.161. The molecule has 2 unspecified atom stereocenters. The van der Waals surface area contributed by atoms with E-state index in [1.54, 1.807) is 0 Å². The number of phosphoric ester groups is 2. The number of rotatable bonds is 68. The second kappa shape index (κ2) is 61.3. The van der Waals surface area contributed by atoms with E-state index in [0.717, 1.165) is 102 Å². The number of carbonyl (C=O) groups is 4. The van der Waals surface area contributed by atoms with Crippen molar-refractivity contribution in [3.63, 3.8) is 0 Å². The minimum Gasteiger partial charge on any atom is -0.462 e. The number of unbranched alkanes of at least 4 members (excludes halogenated alkanes) is 38. The molecule has 0 saturated heterocycles. The van der Waals surface area contributed by atoms with Crippen molar-refractivity contribution in [2.24, 2.45) is 11.8 Å². The van der Waals surface area contributed by atoms with Crippen LogP contribution in [0.15, 0.2) is 0 Å². The SMILES string of the molecule is CCCCCCCCCCCCCCCCCC(=O)OC[C@H](COP(=O)(O)OC[C@@H](O)COP(=O)(O)OC[C@@H](COC(=O)CCCCCCC)OC(=O)CCCCCCCCC(C)C)OC(=O)CCCCCCCCCCCCCCCCCCC(C)C. The van der Waals surface area contributed by atoms with Gasteiger partial charge < -0.3 is 33.8 Å². The Labute approximate surface area is 537 Å². The summed E-state index contributed by atoms with van der Waals surface area (Å²) in [5.74, 6) is -0.662. The minimum atomic E-state index is -4.95. The highest BCUT2D eigenvalue weighted by atomic mass is 31.2. The molecule has 0 bridgehead atoms. The van der Waals surface area contributed by atoms with Crippen LogP contribution < -0.4 is 0 Å². The van der Waals surface area contributed by atoms with Crippen LogP contribution in [0.2, 0.25) is 0 Å². The van der Waals surface area contributed by atoms with E-state index in [0.29, 0.717) is 31.6 Å². The first-order valence-corrected chi connectivity index (χ1v) is 39.0. The molecule has 0 aromatic heterocycles. The Morgan fingerprint density at radius 1 is 0.307 bits per heavy atom. The maximum absolute atomic E-state index is 13.0. The van der Waals surface area contributed by atoms with Crippen molar-refractivity contribution in [3.05, 3.63) is 0 Å². The van der Waals surface area contributed by atoms with Crippen LogP contribution in [0.3, 0.4) is 0 Å². The average Bonchev–Trinajstić information content (AvgIpc) is 3.69. The van der Waals surface area contributed by atoms with Crippen LogP contribution in [0, 0.1) is 11.8 Å². The fourth-order valence-electron chi connectivity index (χ4n) is 10.4. The van der Waals surface area contributed by atoms with Gasteiger partial charge in [0.25, 0.3) is 0 Å². The summed E-state index contributed by atoms with van der Waals surface area (Å²) in [4.78, 5) is 72.1. The molecule has 0 fully saturated rings. The lowest BCUT2D eigenvalue weighted by Gasteiger charge is -2.21. The van der Waals surface area contributed by atoms with Crippen molar-refractivity contribution in [1.29, 1.82) is 0 Å². The summed E-state index contributed by atoms with van der Waals surface area (Å²) in [5, 5.41) is 10.5. The van der Waals surface area contributed by atoms with Gasteiger partial charge in [0.2, 0.25) is 0 Å². The molecule has 0 aromatic rings. The Balaban J connectivity index is 5.13. The van der Waals surface area contributed by atoms with Gasteiger partial charge in [0.15, 0.2) is 12.2 Å². The molecule has 5 atom stereocenters. The third kappa shape index (κ3) is 62.8. The van der Waals surface area contributed by atoms with Gasteiger partial charge in [-0.1, -0.05) is 298 Å². The predicted molar refractivity (Wildman–Crippen MR) is 354 cm³/mol. The van der Waals surface area contributed by atoms with Gasteiger partial charge in [-0.05, 0) is 37.5 Å². The van der Waals surface area contributed by atoms with Crippen molar-refractivity contribution in [1.82, 2.24) is 0 Å². The summed E-state index contributed by atoms with van der Waals surface area (Å²) < 4.78 is 68.0. The van der Waals surface area contributed by atoms with Gasteiger partial charge in [-0.3, -0.25) is 37.3 Å². The standard InChI is InChI=1S/C69H134O17P2/c1-7-9-11-13-14-15-16-17-20-24-27-30-33-40-46-52-67(72)80-58-65(85-68(73)53-47-41-34-31-28-25-22-19-18-21-23-26-29-32-38-43-49-61(3)4)60-84-88(77,78)82-56-63(70)55-81-87(75,76)83-59-64(57-79-66(71)51-45-37-12-10-8-2)86-69(74)54-48-42-36-35-39-44-50-62(5)6/h61-65,70H,7-60H2,1-6H3,(H,75,76)(H,77,78)/t63-,64+,65+/m0/s1. The molecule has 0 saturated carbocycles. The van der Waals surface area contributed by atoms with E-state index in [-0.39, 0.29) is 25.7 Å². The number of hydrogen-bond donors (Lipinski definition) is 3. The van der Waals surface area contributed by atoms with E-state index in [4.69, 9.17) is 37.0 Å². The maximum atomic E-state index is 13.0. The van der Waals surface area contributed by atoms with Gasteiger partial charge >= 0.3 is 39.5 Å². The molecule has 0 rings (SSSR count). The van der Waals surface area contributed by atoms with Gasteiger partial charge in [-0.15, -0.1) is 0 Å². The van der Waals surface area contributed by atoms with Crippen LogP contribution in [0.4, 0.5) is 0 Å². The van der Waals surface area contributed by atoms with Gasteiger partial charge in [0, 0.05) is 25.7 Å². The van der Waals surface area contributed by atoms with Crippen LogP contribution >= 0.6 is 15.6 Å². The van der Waals surface area contributed by atoms with E-state index in [9.17, 15) is 43.2 Å². The number of aliphatic hydroxyl groups excluding tert-OH is 1. The summed E-state index contributed by atoms with van der Waals surface area (Å²) in [7, 11) is -9.89. The Kier molecular flexibility index (Phi) is 59.9. The molecule has 0 radical (unpaired) electrons. The molecule has 0 aliphatic heterocycles. The largest absolute Gasteiger partial charge is 0.472 e. The molecule has 3 N–H and O–H groups in total. The first-order valence-electron chi connectivity index (χ1n) is 36.0. The number of aliphatic hydroxyl groups is 1. The zero-order valence-electron chi connectivity index (χ0n) is 57.0. The van der Waals surface area contributed by atoms with E-state index < -0.39 is 97.5 Å². The average molecular weight is 1300 g/mol. The van der Waals surface area contributed by atoms with E-state index in [1.807, 2.05) is 0 Å². The van der Waals surface area contributed by atoms with Crippen LogP contribution in [0.1, 0.15) is 350 Å². The quantitative estimate of drug-likeness (QED) is 0.0222. The third-order valence-corrected chi connectivity index (χ3v) is 17.9. The number of esters is 4. The van der Waals surface area contributed by atoms with Crippen LogP contribution in [0.25, 0.3) is 0 Å². The van der Waals surface area contributed by atoms with Crippen molar-refractivity contribution in [2.75, 3.05) is 39.6 Å². The second-order valence-corrected chi connectivity index (χ2v) is 28.8. The van der Waals surface area contributed by atoms with Crippen LogP contribution in [0.5, 0.6) is 0 Å². The number of carbonyl (C=O) groups excluding carboxylic acids is 4. The van der Waals surface area contributed by atoms with Gasteiger partial charge in [-0.2, -0.15) is 0 Å². The molecule has 0 aromatic carbocycles. The van der Waals surface area contributed by atoms with Crippen molar-refractivity contribution < 1.29 is 80.2 Å². The van der Waals surface area contributed by atoms with Crippen molar-refractivity contribution in [3.8, 4) is 0 Å². The predicted octanol–water partition coefficient (Wildman–Crippen LogP) is 19.6. The molecule has 88 heavy (non-hydrogen) atoms. The molecule has 0 aliphatic rings. The minimum absolute atomic E-state index is 0.101. The molecule has 17 nitrogen and oxygen atoms in total. The highest BCUT2D eigenvalue weighted by Gasteiger charge is 2.30. The lowest BCUT2D eigenvalue weighted by Crippen LogP contribution is -2.30. The van der Waals surface area contributed by atoms with E-state index in [2.05, 4.69) is 41.5 Å². The third-order valence-electron chi connectivity index (χ3n) is 16.0. The maximum Gasteiger partial charge on any atom is 0.472 e. The zero-order chi connectivity index (χ0) is 65.0. The molecular weight excluding hydrogens is 1160 g/mol. The second-order valence-electron chi connectivity index (χ2n) is 25.9. The first-order chi connectivity index (χ1) is 42.4. The molecule has 522 valence electrons. The fraction of sp³-hybridized carbons (Fsp3) is 0.942. The molecule has 0 heterocycles. The normalized spacial score (nSPS) is 14.2. The summed E-state index contributed by atoms with van der Waals surface area (Å²) in [6, 6.07) is 0. The van der Waals surface area contributed by atoms with Crippen LogP contribution in [-0.4, -0.2) is 96.7 Å². The fourth-order valence-corrected chi connectivity index (χ4v) is 12.0. The number of ether oxygens (including phenoxy) is 4. The topological polar surface area (TPSA) is 237 Å². The Morgan fingerprint density at radius 2 is 0.523 bits per heavy atom. The molecule has 0 aliphatic carbocycles. The van der Waals surface area contributed by atoms with Crippen LogP contribution in [-0.2, 0) is 65.4 Å². The van der Waals surface area contributed by atoms with Gasteiger partial charge in [-0.25, -0.2) is 9.13 Å². The summed E-state index contributed by atoms with van der Waals surface area (Å²) in [5.41, 5.74) is 0. The molecule has 19 heteroatoms. The zero-order valence-corrected chi connectivity index (χ0v) is 58.8. The number of hydrogen-bond acceptors (Lipinski definition) is 15. The first kappa shape index (κ1) is 86.1. The number of phosphoric acid groups is 2.